The lowest BCUT2D eigenvalue weighted by Crippen LogP contribution is -2.32. The molecular formula is C24H23N9O. The van der Waals surface area contributed by atoms with Crippen LogP contribution in [0.3, 0.4) is 0 Å². The van der Waals surface area contributed by atoms with Gasteiger partial charge >= 0.3 is 0 Å². The average Bonchev–Trinajstić information content (AvgIpc) is 3.12. The highest BCUT2D eigenvalue weighted by Crippen LogP contribution is 2.62. The zero-order valence-corrected chi connectivity index (χ0v) is 18.6. The summed E-state index contributed by atoms with van der Waals surface area (Å²) in [6.07, 6.45) is 8.20. The van der Waals surface area contributed by atoms with E-state index >= 15 is 0 Å². The molecule has 1 saturated carbocycles. The van der Waals surface area contributed by atoms with E-state index in [4.69, 9.17) is 20.2 Å². The summed E-state index contributed by atoms with van der Waals surface area (Å²) in [5.74, 6) is 2.61. The number of nitrogens with one attached hydrogen (secondary N) is 1. The van der Waals surface area contributed by atoms with Gasteiger partial charge in [0.2, 0.25) is 5.65 Å². The molecule has 0 bridgehead atoms. The van der Waals surface area contributed by atoms with Crippen LogP contribution < -0.4 is 10.6 Å². The van der Waals surface area contributed by atoms with Gasteiger partial charge in [-0.3, -0.25) is 15.1 Å². The van der Waals surface area contributed by atoms with Crippen molar-refractivity contribution in [2.24, 2.45) is 17.6 Å². The zero-order valence-electron chi connectivity index (χ0n) is 18.6. The van der Waals surface area contributed by atoms with Crippen LogP contribution in [0.5, 0.6) is 0 Å². The van der Waals surface area contributed by atoms with Gasteiger partial charge in [-0.25, -0.2) is 9.97 Å². The minimum absolute atomic E-state index is 0.0983. The van der Waals surface area contributed by atoms with Crippen LogP contribution in [0, 0.1) is 18.8 Å². The lowest BCUT2D eigenvalue weighted by molar-refractivity contribution is 0.379. The predicted octanol–water partition coefficient (Wildman–Crippen LogP) is 2.61. The van der Waals surface area contributed by atoms with Crippen molar-refractivity contribution < 1.29 is 4.52 Å². The highest BCUT2D eigenvalue weighted by molar-refractivity contribution is 5.99. The van der Waals surface area contributed by atoms with Gasteiger partial charge in [0.15, 0.2) is 0 Å². The molecule has 2 aliphatic rings. The summed E-state index contributed by atoms with van der Waals surface area (Å²) in [6, 6.07) is 5.97. The Morgan fingerprint density at radius 1 is 1.24 bits per heavy atom. The van der Waals surface area contributed by atoms with E-state index < -0.39 is 0 Å². The highest BCUT2D eigenvalue weighted by atomic mass is 16.5. The Kier molecular flexibility index (Phi) is 4.04. The van der Waals surface area contributed by atoms with Crippen LogP contribution in [0.4, 0.5) is 5.82 Å². The van der Waals surface area contributed by atoms with E-state index in [1.807, 2.05) is 37.5 Å². The van der Waals surface area contributed by atoms with Gasteiger partial charge < -0.3 is 15.2 Å². The van der Waals surface area contributed by atoms with Crippen molar-refractivity contribution in [2.45, 2.75) is 18.8 Å². The normalized spacial score (nSPS) is 24.0. The number of rotatable bonds is 4. The van der Waals surface area contributed by atoms with Gasteiger partial charge in [0.05, 0.1) is 29.3 Å². The number of aromatic nitrogens is 7. The molecule has 1 saturated heterocycles. The lowest BCUT2D eigenvalue weighted by atomic mass is 9.97. The Morgan fingerprint density at radius 3 is 3.03 bits per heavy atom. The Balaban J connectivity index is 1.20. The highest BCUT2D eigenvalue weighted by Gasteiger charge is 2.67. The molecule has 34 heavy (non-hydrogen) atoms. The molecule has 3 N–H and O–H groups in total. The molecule has 6 heterocycles. The molecule has 5 aromatic heterocycles. The summed E-state index contributed by atoms with van der Waals surface area (Å²) in [6.45, 7) is 4.26. The monoisotopic (exact) mass is 453 g/mol. The van der Waals surface area contributed by atoms with Crippen molar-refractivity contribution >= 4 is 27.9 Å². The summed E-state index contributed by atoms with van der Waals surface area (Å²) >= 11 is 0. The largest absolute Gasteiger partial charge is 0.361 e. The molecule has 170 valence electrons. The van der Waals surface area contributed by atoms with Crippen LogP contribution in [-0.2, 0) is 5.41 Å². The maximum atomic E-state index is 6.27. The molecule has 5 aromatic rings. The van der Waals surface area contributed by atoms with Gasteiger partial charge in [0, 0.05) is 54.5 Å². The van der Waals surface area contributed by atoms with E-state index in [9.17, 15) is 0 Å². The molecule has 0 aromatic carbocycles. The molecule has 1 aliphatic carbocycles. The number of anilines is 1. The lowest BCUT2D eigenvalue weighted by Gasteiger charge is -2.26. The third-order valence-electron chi connectivity index (χ3n) is 7.64. The number of aromatic amines is 1. The number of pyridine rings is 2. The Labute approximate surface area is 194 Å². The Bertz CT molecular complexity index is 1540. The number of H-pyrrole nitrogens is 1. The molecule has 0 radical (unpaired) electrons. The van der Waals surface area contributed by atoms with Crippen molar-refractivity contribution in [3.63, 3.8) is 0 Å². The fourth-order valence-electron chi connectivity index (χ4n) is 5.88. The first-order valence-electron chi connectivity index (χ1n) is 11.5. The van der Waals surface area contributed by atoms with Crippen LogP contribution in [0.1, 0.15) is 17.9 Å². The number of hydrogen-bond acceptors (Lipinski definition) is 9. The van der Waals surface area contributed by atoms with Crippen LogP contribution in [0.2, 0.25) is 0 Å². The summed E-state index contributed by atoms with van der Waals surface area (Å²) in [5.41, 5.74) is 11.0. The minimum Gasteiger partial charge on any atom is -0.361 e. The summed E-state index contributed by atoms with van der Waals surface area (Å²) in [7, 11) is 0. The fraction of sp³-hybridized carbons (Fsp3) is 0.333. The molecule has 7 rings (SSSR count). The topological polar surface area (TPSA) is 136 Å². The summed E-state index contributed by atoms with van der Waals surface area (Å²) < 4.78 is 5.36. The Morgan fingerprint density at radius 2 is 2.18 bits per heavy atom. The van der Waals surface area contributed by atoms with Crippen LogP contribution in [-0.4, -0.2) is 54.9 Å². The van der Waals surface area contributed by atoms with Crippen molar-refractivity contribution in [1.29, 1.82) is 0 Å². The number of aryl methyl sites for hydroxylation is 1. The Hall–Kier alpha value is -3.92. The molecule has 1 aliphatic heterocycles. The second-order valence-electron chi connectivity index (χ2n) is 9.27. The van der Waals surface area contributed by atoms with E-state index in [1.165, 1.54) is 0 Å². The van der Waals surface area contributed by atoms with Gasteiger partial charge in [-0.2, -0.15) is 5.10 Å². The second-order valence-corrected chi connectivity index (χ2v) is 9.27. The number of piperidine rings is 1. The molecule has 0 spiro atoms. The van der Waals surface area contributed by atoms with Gasteiger partial charge in [-0.15, -0.1) is 0 Å². The maximum absolute atomic E-state index is 6.27. The standard InChI is InChI=1S/C24H23N9O/c1-13-7-19(32-34-13)24(12-25)16-4-6-33(11-17(16)24)20-10-28-22-21(30-31-23(22)29-20)15-8-26-9-18-14(15)3-2-5-27-18/h2-3,5,7-10,16-17H,4,6,11-12,25H2,1H3,(H,29,30,31)/t16?,17?,24-/m0/s1. The fourth-order valence-corrected chi connectivity index (χ4v) is 5.88. The number of hydrogen-bond donors (Lipinski definition) is 2. The second kappa shape index (κ2) is 7.04. The smallest absolute Gasteiger partial charge is 0.202 e. The molecule has 3 atom stereocenters. The molecule has 10 nitrogen and oxygen atoms in total. The van der Waals surface area contributed by atoms with E-state index in [1.54, 1.807) is 12.4 Å². The van der Waals surface area contributed by atoms with Crippen molar-refractivity contribution in [2.75, 3.05) is 24.5 Å². The summed E-state index contributed by atoms with van der Waals surface area (Å²) in [4.78, 5) is 20.6. The van der Waals surface area contributed by atoms with Crippen LogP contribution in [0.15, 0.2) is 47.5 Å². The number of fused-ring (bicyclic) bond motifs is 3. The molecular weight excluding hydrogens is 430 g/mol. The van der Waals surface area contributed by atoms with Crippen molar-refractivity contribution in [3.05, 3.63) is 54.4 Å². The van der Waals surface area contributed by atoms with E-state index in [0.29, 0.717) is 24.0 Å². The summed E-state index contributed by atoms with van der Waals surface area (Å²) in [5, 5.41) is 12.9. The van der Waals surface area contributed by atoms with E-state index in [2.05, 4.69) is 30.2 Å². The van der Waals surface area contributed by atoms with Crippen LogP contribution in [0.25, 0.3) is 33.3 Å². The first-order chi connectivity index (χ1) is 16.7. The average molecular weight is 454 g/mol. The third kappa shape index (κ3) is 2.65. The quantitative estimate of drug-likeness (QED) is 0.421. The van der Waals surface area contributed by atoms with Crippen LogP contribution >= 0.6 is 0 Å². The molecule has 2 fully saturated rings. The zero-order chi connectivity index (χ0) is 22.9. The van der Waals surface area contributed by atoms with Crippen molar-refractivity contribution in [3.8, 4) is 11.3 Å². The van der Waals surface area contributed by atoms with Gasteiger partial charge in [-0.1, -0.05) is 11.2 Å². The SMILES string of the molecule is Cc1cc([C@@]2(CN)C3CCN(c4cnc5c(-c6cncc7ncccc67)[nH]nc5n4)CC32)no1. The first-order valence-corrected chi connectivity index (χ1v) is 11.5. The number of nitrogens with zero attached hydrogens (tertiary/aromatic N) is 7. The van der Waals surface area contributed by atoms with E-state index in [0.717, 1.165) is 64.5 Å². The van der Waals surface area contributed by atoms with Gasteiger partial charge in [0.25, 0.3) is 0 Å². The number of nitrogens with two attached hydrogens (primary N) is 1. The molecule has 0 amide bonds. The third-order valence-corrected chi connectivity index (χ3v) is 7.64. The van der Waals surface area contributed by atoms with E-state index in [-0.39, 0.29) is 5.41 Å². The van der Waals surface area contributed by atoms with Gasteiger partial charge in [0.1, 0.15) is 17.1 Å². The first kappa shape index (κ1) is 19.5. The molecule has 2 unspecified atom stereocenters. The predicted molar refractivity (Wildman–Crippen MR) is 126 cm³/mol. The maximum Gasteiger partial charge on any atom is 0.202 e. The van der Waals surface area contributed by atoms with Crippen molar-refractivity contribution in [1.82, 2.24) is 35.3 Å². The minimum atomic E-state index is -0.0983. The molecule has 10 heteroatoms. The van der Waals surface area contributed by atoms with Gasteiger partial charge in [-0.05, 0) is 31.2 Å².